The summed E-state index contributed by atoms with van der Waals surface area (Å²) in [4.78, 5) is 2.09. The summed E-state index contributed by atoms with van der Waals surface area (Å²) in [6.45, 7) is 0. The molecule has 0 N–H and O–H groups in total. The van der Waals surface area contributed by atoms with E-state index in [-0.39, 0.29) is 0 Å². The zero-order chi connectivity index (χ0) is 16.6. The molecule has 0 radical (unpaired) electrons. The first-order valence-corrected chi connectivity index (χ1v) is 7.38. The Bertz CT molecular complexity index is 484. The molecule has 118 valence electrons. The lowest BCUT2D eigenvalue weighted by atomic mass is 10.1. The fourth-order valence-corrected chi connectivity index (χ4v) is 1.47. The average molecular weight is 337 g/mol. The molecule has 0 unspecified atom stereocenters. The summed E-state index contributed by atoms with van der Waals surface area (Å²) in [5, 5.41) is 0.762. The van der Waals surface area contributed by atoms with E-state index in [1.807, 2.05) is 63.2 Å². The summed E-state index contributed by atoms with van der Waals surface area (Å²) in [6, 6.07) is 7.86. The van der Waals surface area contributed by atoms with E-state index in [0.29, 0.717) is 0 Å². The van der Waals surface area contributed by atoms with Crippen molar-refractivity contribution >= 4 is 23.5 Å². The standard InChI is InChI=1S/C13H18ClN2.ClHO4/c1-15(2)10-9-13(16(3)4)11-5-7-12(14)8-6-11;2-1(3,4)5/h5-10H,1-4H3;(H,2,3,4,5)/q+1;/p-1. The molecule has 0 saturated carbocycles. The summed E-state index contributed by atoms with van der Waals surface area (Å²) in [5.41, 5.74) is 2.32. The largest absolute Gasteiger partial charge is 0.377 e. The number of rotatable bonds is 3. The molecular formula is C13H18Cl2N2O4. The number of allylic oxidation sites excluding steroid dienone is 1. The topological polar surface area (TPSA) is 98.5 Å². The van der Waals surface area contributed by atoms with E-state index >= 15 is 0 Å². The Balaban J connectivity index is 0.000000690. The highest BCUT2D eigenvalue weighted by Crippen LogP contribution is 2.18. The molecule has 0 aliphatic carbocycles. The van der Waals surface area contributed by atoms with Gasteiger partial charge in [-0.1, -0.05) is 23.7 Å². The van der Waals surface area contributed by atoms with Crippen LogP contribution in [0.1, 0.15) is 5.56 Å². The third kappa shape index (κ3) is 11.2. The van der Waals surface area contributed by atoms with Crippen molar-refractivity contribution in [3.05, 3.63) is 40.9 Å². The van der Waals surface area contributed by atoms with Crippen LogP contribution in [0.2, 0.25) is 5.02 Å². The van der Waals surface area contributed by atoms with Gasteiger partial charge in [0, 0.05) is 30.9 Å². The second kappa shape index (κ2) is 8.99. The molecule has 1 aromatic rings. The minimum atomic E-state index is -4.94. The Morgan fingerprint density at radius 3 is 1.86 bits per heavy atom. The second-order valence-corrected chi connectivity index (χ2v) is 5.64. The van der Waals surface area contributed by atoms with Crippen LogP contribution in [0.5, 0.6) is 0 Å². The molecule has 0 saturated heterocycles. The van der Waals surface area contributed by atoms with Gasteiger partial charge in [-0.05, 0) is 17.7 Å². The van der Waals surface area contributed by atoms with Gasteiger partial charge in [-0.15, -0.1) is 10.2 Å². The fourth-order valence-electron chi connectivity index (χ4n) is 1.34. The summed E-state index contributed by atoms with van der Waals surface area (Å²) in [7, 11) is 3.13. The van der Waals surface area contributed by atoms with Gasteiger partial charge in [0.2, 0.25) is 0 Å². The van der Waals surface area contributed by atoms with Gasteiger partial charge in [-0.25, -0.2) is 23.2 Å². The normalized spacial score (nSPS) is 11.4. The monoisotopic (exact) mass is 336 g/mol. The third-order valence-electron chi connectivity index (χ3n) is 2.15. The molecule has 6 nitrogen and oxygen atoms in total. The van der Waals surface area contributed by atoms with Gasteiger partial charge in [-0.2, -0.15) is 0 Å². The van der Waals surface area contributed by atoms with Crippen LogP contribution >= 0.6 is 11.6 Å². The quantitative estimate of drug-likeness (QED) is 0.462. The fraction of sp³-hybridized carbons (Fsp3) is 0.308. The molecule has 0 aliphatic heterocycles. The molecule has 0 aromatic heterocycles. The highest BCUT2D eigenvalue weighted by molar-refractivity contribution is 6.30. The van der Waals surface area contributed by atoms with Crippen LogP contribution in [0.25, 0.3) is 5.70 Å². The number of nitrogens with zero attached hydrogens (tertiary/aromatic N) is 2. The Kier molecular flexibility index (Phi) is 8.50. The van der Waals surface area contributed by atoms with Crippen molar-refractivity contribution in [3.8, 4) is 0 Å². The number of hydrogen-bond donors (Lipinski definition) is 0. The van der Waals surface area contributed by atoms with Crippen LogP contribution in [-0.2, 0) is 0 Å². The smallest absolute Gasteiger partial charge is 0.164 e. The SMILES string of the molecule is CN(C)/C(=C/C=[N+](C)C)c1ccc(Cl)cc1.[O-][Cl+3]([O-])([O-])[O-]. The lowest BCUT2D eigenvalue weighted by molar-refractivity contribution is -2.00. The van der Waals surface area contributed by atoms with E-state index in [2.05, 4.69) is 11.0 Å². The minimum absolute atomic E-state index is 0.762. The number of halogens is 2. The Labute approximate surface area is 131 Å². The molecule has 8 heteroatoms. The van der Waals surface area contributed by atoms with Gasteiger partial charge in [0.1, 0.15) is 14.1 Å². The molecule has 0 atom stereocenters. The van der Waals surface area contributed by atoms with Crippen molar-refractivity contribution in [2.45, 2.75) is 0 Å². The molecule has 1 aromatic carbocycles. The maximum absolute atomic E-state index is 8.49. The van der Waals surface area contributed by atoms with E-state index in [0.717, 1.165) is 16.3 Å². The van der Waals surface area contributed by atoms with Gasteiger partial charge in [-0.3, -0.25) is 0 Å². The molecule has 0 aliphatic rings. The summed E-state index contributed by atoms with van der Waals surface area (Å²) < 4.78 is 36.0. The Morgan fingerprint density at radius 1 is 1.10 bits per heavy atom. The second-order valence-electron chi connectivity index (χ2n) is 4.44. The van der Waals surface area contributed by atoms with Gasteiger partial charge >= 0.3 is 0 Å². The maximum Gasteiger partial charge on any atom is 0.164 e. The van der Waals surface area contributed by atoms with E-state index in [1.54, 1.807) is 0 Å². The Hall–Kier alpha value is -1.15. The predicted molar refractivity (Wildman–Crippen MR) is 71.3 cm³/mol. The number of benzene rings is 1. The zero-order valence-electron chi connectivity index (χ0n) is 12.2. The van der Waals surface area contributed by atoms with Gasteiger partial charge in [0.05, 0.1) is 0 Å². The molecule has 0 spiro atoms. The van der Waals surface area contributed by atoms with Crippen molar-refractivity contribution in [3.63, 3.8) is 0 Å². The van der Waals surface area contributed by atoms with Gasteiger partial charge in [0.25, 0.3) is 0 Å². The first-order chi connectivity index (χ1) is 9.50. The maximum atomic E-state index is 8.49. The first-order valence-electron chi connectivity index (χ1n) is 5.77. The Morgan fingerprint density at radius 2 is 1.52 bits per heavy atom. The highest BCUT2D eigenvalue weighted by Gasteiger charge is 2.03. The first kappa shape index (κ1) is 19.9. The van der Waals surface area contributed by atoms with Crippen molar-refractivity contribution in [2.24, 2.45) is 0 Å². The molecule has 21 heavy (non-hydrogen) atoms. The molecule has 0 fully saturated rings. The lowest BCUT2D eigenvalue weighted by Crippen LogP contribution is -2.68. The molecular weight excluding hydrogens is 319 g/mol. The van der Waals surface area contributed by atoms with Gasteiger partial charge in [0.15, 0.2) is 6.21 Å². The van der Waals surface area contributed by atoms with E-state index in [4.69, 9.17) is 30.2 Å². The summed E-state index contributed by atoms with van der Waals surface area (Å²) in [5.74, 6) is 0. The van der Waals surface area contributed by atoms with Gasteiger partial charge < -0.3 is 4.90 Å². The summed E-state index contributed by atoms with van der Waals surface area (Å²) in [6.07, 6.45) is 4.12. The molecule has 0 bridgehead atoms. The number of hydrogen-bond acceptors (Lipinski definition) is 5. The van der Waals surface area contributed by atoms with Crippen molar-refractivity contribution in [1.29, 1.82) is 0 Å². The van der Waals surface area contributed by atoms with E-state index < -0.39 is 10.2 Å². The summed E-state index contributed by atoms with van der Waals surface area (Å²) >= 11 is 5.87. The lowest BCUT2D eigenvalue weighted by Gasteiger charge is -2.17. The average Bonchev–Trinajstić information content (AvgIpc) is 2.28. The van der Waals surface area contributed by atoms with Crippen molar-refractivity contribution in [2.75, 3.05) is 28.2 Å². The molecule has 1 rings (SSSR count). The van der Waals surface area contributed by atoms with Crippen LogP contribution in [0.3, 0.4) is 0 Å². The van der Waals surface area contributed by atoms with Crippen molar-refractivity contribution < 1.29 is 33.5 Å². The van der Waals surface area contributed by atoms with Crippen molar-refractivity contribution in [1.82, 2.24) is 4.90 Å². The van der Waals surface area contributed by atoms with Crippen LogP contribution in [0, 0.1) is 10.2 Å². The van der Waals surface area contributed by atoms with Crippen LogP contribution in [0.15, 0.2) is 30.3 Å². The van der Waals surface area contributed by atoms with E-state index in [1.165, 1.54) is 0 Å². The molecule has 0 heterocycles. The zero-order valence-corrected chi connectivity index (χ0v) is 13.8. The minimum Gasteiger partial charge on any atom is -0.377 e. The predicted octanol–water partition coefficient (Wildman–Crippen LogP) is -2.17. The third-order valence-corrected chi connectivity index (χ3v) is 2.40. The van der Waals surface area contributed by atoms with E-state index in [9.17, 15) is 0 Å². The molecule has 0 amide bonds. The van der Waals surface area contributed by atoms with Crippen LogP contribution < -0.4 is 18.6 Å². The highest BCUT2D eigenvalue weighted by atomic mass is 35.7. The van der Waals surface area contributed by atoms with Crippen LogP contribution in [-0.4, -0.2) is 43.9 Å². The van der Waals surface area contributed by atoms with Crippen LogP contribution in [0.4, 0.5) is 0 Å².